The summed E-state index contributed by atoms with van der Waals surface area (Å²) in [6.07, 6.45) is 2.67. The van der Waals surface area contributed by atoms with Crippen molar-refractivity contribution >= 4 is 11.9 Å². The molecule has 2 aromatic carbocycles. The Bertz CT molecular complexity index is 983. The maximum absolute atomic E-state index is 13.0. The monoisotopic (exact) mass is 439 g/mol. The number of fused-ring (bicyclic) bond motifs is 1. The number of hydrogen-bond donors (Lipinski definition) is 0. The van der Waals surface area contributed by atoms with Crippen molar-refractivity contribution in [3.05, 3.63) is 53.1 Å². The molecular formula is C25H29NO6. The quantitative estimate of drug-likeness (QED) is 0.583. The van der Waals surface area contributed by atoms with Crippen molar-refractivity contribution in [1.82, 2.24) is 4.90 Å². The number of carbonyl (C=O) groups is 2. The van der Waals surface area contributed by atoms with E-state index in [1.165, 1.54) is 0 Å². The SMILES string of the molecule is CCOC(=O)c1ccc(OCC2c3cc(OC)c(OC)cc3CCN2C(=O)C2CC2)cc1. The Morgan fingerprint density at radius 3 is 2.34 bits per heavy atom. The normalized spacial score (nSPS) is 17.3. The van der Waals surface area contributed by atoms with E-state index >= 15 is 0 Å². The van der Waals surface area contributed by atoms with E-state index in [1.807, 2.05) is 17.0 Å². The first-order valence-electron chi connectivity index (χ1n) is 11.0. The van der Waals surface area contributed by atoms with Gasteiger partial charge in [-0.15, -0.1) is 0 Å². The van der Waals surface area contributed by atoms with Crippen LogP contribution in [-0.4, -0.2) is 50.8 Å². The lowest BCUT2D eigenvalue weighted by Gasteiger charge is -2.37. The predicted octanol–water partition coefficient (Wildman–Crippen LogP) is 3.80. The second-order valence-electron chi connectivity index (χ2n) is 8.03. The molecule has 0 spiro atoms. The summed E-state index contributed by atoms with van der Waals surface area (Å²) in [6.45, 7) is 3.06. The molecule has 1 aliphatic carbocycles. The number of hydrogen-bond acceptors (Lipinski definition) is 6. The van der Waals surface area contributed by atoms with Gasteiger partial charge in [0.25, 0.3) is 0 Å². The number of rotatable bonds is 8. The van der Waals surface area contributed by atoms with Gasteiger partial charge in [-0.2, -0.15) is 0 Å². The van der Waals surface area contributed by atoms with Crippen molar-refractivity contribution in [3.63, 3.8) is 0 Å². The summed E-state index contributed by atoms with van der Waals surface area (Å²) in [4.78, 5) is 26.8. The topological polar surface area (TPSA) is 74.3 Å². The molecule has 0 N–H and O–H groups in total. The average Bonchev–Trinajstić information content (AvgIpc) is 3.67. The summed E-state index contributed by atoms with van der Waals surface area (Å²) in [7, 11) is 3.23. The van der Waals surface area contributed by atoms with Gasteiger partial charge >= 0.3 is 5.97 Å². The first kappa shape index (κ1) is 22.0. The van der Waals surface area contributed by atoms with Crippen molar-refractivity contribution in [2.75, 3.05) is 34.0 Å². The second-order valence-corrected chi connectivity index (χ2v) is 8.03. The minimum Gasteiger partial charge on any atom is -0.493 e. The zero-order valence-electron chi connectivity index (χ0n) is 18.8. The number of carbonyl (C=O) groups excluding carboxylic acids is 2. The highest BCUT2D eigenvalue weighted by Crippen LogP contribution is 2.41. The molecule has 1 fully saturated rings. The van der Waals surface area contributed by atoms with Crippen molar-refractivity contribution in [2.45, 2.75) is 32.2 Å². The Morgan fingerprint density at radius 1 is 1.03 bits per heavy atom. The van der Waals surface area contributed by atoms with Crippen LogP contribution in [0, 0.1) is 5.92 Å². The Labute approximate surface area is 188 Å². The predicted molar refractivity (Wildman–Crippen MR) is 118 cm³/mol. The van der Waals surface area contributed by atoms with Gasteiger partial charge in [0, 0.05) is 12.5 Å². The third kappa shape index (κ3) is 4.52. The van der Waals surface area contributed by atoms with E-state index in [9.17, 15) is 9.59 Å². The third-order valence-electron chi connectivity index (χ3n) is 5.99. The molecule has 1 amide bonds. The van der Waals surface area contributed by atoms with Crippen LogP contribution < -0.4 is 14.2 Å². The molecule has 1 atom stereocenters. The summed E-state index contributed by atoms with van der Waals surface area (Å²) in [5.41, 5.74) is 2.63. The Hall–Kier alpha value is -3.22. The van der Waals surface area contributed by atoms with Crippen molar-refractivity contribution in [1.29, 1.82) is 0 Å². The van der Waals surface area contributed by atoms with Gasteiger partial charge < -0.3 is 23.8 Å². The standard InChI is InChI=1S/C25H29NO6/c1-4-31-25(28)17-7-9-19(10-8-17)32-15-21-20-14-23(30-3)22(29-2)13-18(20)11-12-26(21)24(27)16-5-6-16/h7-10,13-14,16,21H,4-6,11-12,15H2,1-3H3. The molecule has 0 radical (unpaired) electrons. The molecule has 1 aliphatic heterocycles. The maximum atomic E-state index is 13.0. The van der Waals surface area contributed by atoms with Gasteiger partial charge in [-0.3, -0.25) is 4.79 Å². The molecule has 0 aromatic heterocycles. The molecule has 7 nitrogen and oxygen atoms in total. The maximum Gasteiger partial charge on any atom is 0.338 e. The smallest absolute Gasteiger partial charge is 0.338 e. The highest BCUT2D eigenvalue weighted by Gasteiger charge is 2.39. The summed E-state index contributed by atoms with van der Waals surface area (Å²) in [5, 5.41) is 0. The van der Waals surface area contributed by atoms with Crippen molar-refractivity contribution < 1.29 is 28.5 Å². The average molecular weight is 440 g/mol. The van der Waals surface area contributed by atoms with E-state index in [2.05, 4.69) is 0 Å². The van der Waals surface area contributed by atoms with E-state index in [-0.39, 0.29) is 23.8 Å². The fourth-order valence-corrected chi connectivity index (χ4v) is 4.11. The van der Waals surface area contributed by atoms with Gasteiger partial charge in [-0.25, -0.2) is 4.79 Å². The van der Waals surface area contributed by atoms with Crippen LogP contribution >= 0.6 is 0 Å². The number of ether oxygens (including phenoxy) is 4. The van der Waals surface area contributed by atoms with Crippen LogP contribution in [0.1, 0.15) is 47.3 Å². The number of amides is 1. The lowest BCUT2D eigenvalue weighted by atomic mass is 9.91. The van der Waals surface area contributed by atoms with Crippen LogP contribution in [0.3, 0.4) is 0 Å². The highest BCUT2D eigenvalue weighted by molar-refractivity contribution is 5.89. The molecule has 4 rings (SSSR count). The Morgan fingerprint density at radius 2 is 1.72 bits per heavy atom. The van der Waals surface area contributed by atoms with Gasteiger partial charge in [-0.1, -0.05) is 0 Å². The molecule has 2 aliphatic rings. The summed E-state index contributed by atoms with van der Waals surface area (Å²) in [6, 6.07) is 10.6. The molecule has 1 heterocycles. The molecular weight excluding hydrogens is 410 g/mol. The summed E-state index contributed by atoms with van der Waals surface area (Å²) < 4.78 is 22.1. The fourth-order valence-electron chi connectivity index (χ4n) is 4.11. The largest absolute Gasteiger partial charge is 0.493 e. The lowest BCUT2D eigenvalue weighted by Crippen LogP contribution is -2.43. The first-order chi connectivity index (χ1) is 15.5. The number of methoxy groups -OCH3 is 2. The molecule has 0 saturated heterocycles. The minimum absolute atomic E-state index is 0.128. The lowest BCUT2D eigenvalue weighted by molar-refractivity contribution is -0.136. The number of esters is 1. The van der Waals surface area contributed by atoms with Crippen molar-refractivity contribution in [2.24, 2.45) is 5.92 Å². The Balaban J connectivity index is 1.57. The van der Waals surface area contributed by atoms with Crippen LogP contribution in [0.4, 0.5) is 0 Å². The number of nitrogens with zero attached hydrogens (tertiary/aromatic N) is 1. The first-order valence-corrected chi connectivity index (χ1v) is 11.0. The third-order valence-corrected chi connectivity index (χ3v) is 5.99. The van der Waals surface area contributed by atoms with Crippen LogP contribution in [0.2, 0.25) is 0 Å². The summed E-state index contributed by atoms with van der Waals surface area (Å²) in [5.74, 6) is 1.91. The van der Waals surface area contributed by atoms with E-state index in [0.29, 0.717) is 42.6 Å². The fraction of sp³-hybridized carbons (Fsp3) is 0.440. The van der Waals surface area contributed by atoms with Gasteiger partial charge in [0.05, 0.1) is 32.4 Å². The zero-order valence-corrected chi connectivity index (χ0v) is 18.8. The minimum atomic E-state index is -0.359. The molecule has 170 valence electrons. The molecule has 7 heteroatoms. The number of benzene rings is 2. The van der Waals surface area contributed by atoms with Crippen LogP contribution in [0.5, 0.6) is 17.2 Å². The molecule has 2 aromatic rings. The molecule has 1 unspecified atom stereocenters. The van der Waals surface area contributed by atoms with Crippen LogP contribution in [-0.2, 0) is 16.0 Å². The summed E-state index contributed by atoms with van der Waals surface area (Å²) >= 11 is 0. The van der Waals surface area contributed by atoms with E-state index in [0.717, 1.165) is 30.4 Å². The van der Waals surface area contributed by atoms with Gasteiger partial charge in [0.15, 0.2) is 11.5 Å². The molecule has 32 heavy (non-hydrogen) atoms. The van der Waals surface area contributed by atoms with Gasteiger partial charge in [-0.05, 0) is 73.7 Å². The van der Waals surface area contributed by atoms with Gasteiger partial charge in [0.2, 0.25) is 5.91 Å². The van der Waals surface area contributed by atoms with Crippen LogP contribution in [0.15, 0.2) is 36.4 Å². The highest BCUT2D eigenvalue weighted by atomic mass is 16.5. The van der Waals surface area contributed by atoms with Gasteiger partial charge in [0.1, 0.15) is 12.4 Å². The van der Waals surface area contributed by atoms with Crippen molar-refractivity contribution in [3.8, 4) is 17.2 Å². The molecule has 1 saturated carbocycles. The molecule has 0 bridgehead atoms. The van der Waals surface area contributed by atoms with E-state index < -0.39 is 0 Å². The van der Waals surface area contributed by atoms with Crippen LogP contribution in [0.25, 0.3) is 0 Å². The Kier molecular flexibility index (Phi) is 6.53. The van der Waals surface area contributed by atoms with E-state index in [1.54, 1.807) is 45.4 Å². The second kappa shape index (κ2) is 9.51. The zero-order chi connectivity index (χ0) is 22.7. The van der Waals surface area contributed by atoms with E-state index in [4.69, 9.17) is 18.9 Å².